The lowest BCUT2D eigenvalue weighted by Gasteiger charge is -2.32. The van der Waals surface area contributed by atoms with Crippen molar-refractivity contribution in [3.05, 3.63) is 40.9 Å². The number of aliphatic hydroxyl groups is 1. The van der Waals surface area contributed by atoms with E-state index in [1.54, 1.807) is 24.3 Å². The second-order valence-electron chi connectivity index (χ2n) is 8.55. The van der Waals surface area contributed by atoms with Crippen molar-refractivity contribution in [1.82, 2.24) is 0 Å². The summed E-state index contributed by atoms with van der Waals surface area (Å²) in [5.74, 6) is -0.407. The summed E-state index contributed by atoms with van der Waals surface area (Å²) < 4.78 is 17.5. The summed E-state index contributed by atoms with van der Waals surface area (Å²) in [6, 6.07) is 7.13. The summed E-state index contributed by atoms with van der Waals surface area (Å²) >= 11 is 0. The van der Waals surface area contributed by atoms with Crippen molar-refractivity contribution in [3.8, 4) is 0 Å². The van der Waals surface area contributed by atoms with E-state index in [1.165, 1.54) is 0 Å². The molecule has 0 bridgehead atoms. The van der Waals surface area contributed by atoms with Crippen LogP contribution in [0.5, 0.6) is 0 Å². The lowest BCUT2D eigenvalue weighted by Crippen LogP contribution is -2.41. The number of carbonyl (C=O) groups excluding carboxylic acids is 1. The van der Waals surface area contributed by atoms with Crippen LogP contribution in [0, 0.1) is 0 Å². The van der Waals surface area contributed by atoms with E-state index < -0.39 is 29.9 Å². The molecule has 2 rings (SSSR count). The molecular weight excluding hydrogens is 331 g/mol. The molecule has 0 radical (unpaired) electrons. The van der Waals surface area contributed by atoms with E-state index >= 15 is 0 Å². The molecule has 0 unspecified atom stereocenters. The van der Waals surface area contributed by atoms with Gasteiger partial charge in [0, 0.05) is 0 Å². The van der Waals surface area contributed by atoms with Crippen LogP contribution in [0.4, 0.5) is 0 Å². The van der Waals surface area contributed by atoms with Crippen molar-refractivity contribution in [2.24, 2.45) is 0 Å². The van der Waals surface area contributed by atoms with Crippen molar-refractivity contribution >= 4 is 19.2 Å². The fourth-order valence-electron chi connectivity index (χ4n) is 2.52. The van der Waals surface area contributed by atoms with Crippen LogP contribution in [-0.4, -0.2) is 41.6 Å². The molecule has 0 spiro atoms. The molecule has 1 aliphatic rings. The minimum absolute atomic E-state index is 0.237. The Balaban J connectivity index is 2.35. The smallest absolute Gasteiger partial charge is 0.456 e. The highest BCUT2D eigenvalue weighted by Crippen LogP contribution is 2.38. The van der Waals surface area contributed by atoms with Gasteiger partial charge < -0.3 is 19.2 Å². The van der Waals surface area contributed by atoms with Gasteiger partial charge in [-0.05, 0) is 65.6 Å². The molecule has 5 nitrogen and oxygen atoms in total. The lowest BCUT2D eigenvalue weighted by molar-refractivity contribution is 0.00578. The van der Waals surface area contributed by atoms with Gasteiger partial charge in [0.05, 0.1) is 23.4 Å². The summed E-state index contributed by atoms with van der Waals surface area (Å²) in [6.45, 7) is 13.1. The highest BCUT2D eigenvalue weighted by molar-refractivity contribution is 6.55. The molecule has 26 heavy (non-hydrogen) atoms. The number of aliphatic hydroxyl groups excluding tert-OH is 1. The zero-order valence-corrected chi connectivity index (χ0v) is 16.8. The van der Waals surface area contributed by atoms with Crippen LogP contribution in [0.15, 0.2) is 29.7 Å². The molecule has 1 aliphatic heterocycles. The molecule has 0 aliphatic carbocycles. The number of rotatable bonds is 4. The van der Waals surface area contributed by atoms with Crippen LogP contribution >= 0.6 is 0 Å². The first kappa shape index (κ1) is 20.7. The number of benzene rings is 1. The molecule has 1 heterocycles. The molecule has 1 N–H and O–H groups in total. The van der Waals surface area contributed by atoms with Crippen molar-refractivity contribution in [3.63, 3.8) is 0 Å². The minimum Gasteiger partial charge on any atom is -0.456 e. The van der Waals surface area contributed by atoms with Crippen molar-refractivity contribution < 1.29 is 23.9 Å². The molecule has 1 saturated heterocycles. The number of hydrogen-bond donors (Lipinski definition) is 1. The first-order chi connectivity index (χ1) is 11.9. The van der Waals surface area contributed by atoms with Gasteiger partial charge in [-0.25, -0.2) is 4.79 Å². The van der Waals surface area contributed by atoms with Gasteiger partial charge in [-0.2, -0.15) is 0 Å². The highest BCUT2D eigenvalue weighted by atomic mass is 16.7. The maximum Gasteiger partial charge on any atom is 0.492 e. The second-order valence-corrected chi connectivity index (χ2v) is 8.55. The topological polar surface area (TPSA) is 65.0 Å². The molecular formula is C20H29BO5. The normalized spacial score (nSPS) is 19.5. The predicted molar refractivity (Wildman–Crippen MR) is 103 cm³/mol. The molecule has 6 heteroatoms. The van der Waals surface area contributed by atoms with Gasteiger partial charge in [0.2, 0.25) is 0 Å². The average Bonchev–Trinajstić information content (AvgIpc) is 2.71. The Morgan fingerprint density at radius 1 is 1.15 bits per heavy atom. The van der Waals surface area contributed by atoms with E-state index in [-0.39, 0.29) is 6.61 Å². The molecule has 142 valence electrons. The summed E-state index contributed by atoms with van der Waals surface area (Å²) in [7, 11) is -0.670. The quantitative estimate of drug-likeness (QED) is 0.656. The van der Waals surface area contributed by atoms with Gasteiger partial charge in [-0.15, -0.1) is 0 Å². The van der Waals surface area contributed by atoms with Gasteiger partial charge in [0.15, 0.2) is 0 Å². The number of esters is 1. The Labute approximate surface area is 156 Å². The van der Waals surface area contributed by atoms with E-state index in [2.05, 4.69) is 0 Å². The SMILES string of the molecule is CC(C)(C)OC(=O)c1ccccc1C=C(CO)B1OC(C)(C)C(C)(C)O1. The summed E-state index contributed by atoms with van der Waals surface area (Å²) in [4.78, 5) is 12.5. The first-order valence-electron chi connectivity index (χ1n) is 8.86. The molecule has 0 atom stereocenters. The monoisotopic (exact) mass is 360 g/mol. The lowest BCUT2D eigenvalue weighted by atomic mass is 9.77. The standard InChI is InChI=1S/C20H29BO5/c1-18(2,3)24-17(23)16-11-9-8-10-14(16)12-15(13-22)21-25-19(4,5)20(6,7)26-21/h8-12,22H,13H2,1-7H3. The van der Waals surface area contributed by atoms with Crippen LogP contribution in [-0.2, 0) is 14.0 Å². The average molecular weight is 360 g/mol. The molecule has 1 aromatic rings. The molecule has 0 saturated carbocycles. The number of hydrogen-bond acceptors (Lipinski definition) is 5. The van der Waals surface area contributed by atoms with Gasteiger partial charge in [-0.1, -0.05) is 24.3 Å². The van der Waals surface area contributed by atoms with E-state index in [9.17, 15) is 9.90 Å². The zero-order chi connectivity index (χ0) is 19.8. The van der Waals surface area contributed by atoms with Gasteiger partial charge in [-0.3, -0.25) is 0 Å². The molecule has 0 aromatic heterocycles. The fraction of sp³-hybridized carbons (Fsp3) is 0.550. The van der Waals surface area contributed by atoms with Gasteiger partial charge in [0.1, 0.15) is 5.60 Å². The summed E-state index contributed by atoms with van der Waals surface area (Å²) in [5.41, 5.74) is 0.0530. The van der Waals surface area contributed by atoms with Gasteiger partial charge >= 0.3 is 13.1 Å². The molecule has 1 aromatic carbocycles. The third-order valence-electron chi connectivity index (χ3n) is 4.66. The van der Waals surface area contributed by atoms with Crippen molar-refractivity contribution in [2.75, 3.05) is 6.61 Å². The summed E-state index contributed by atoms with van der Waals surface area (Å²) in [6.07, 6.45) is 1.74. The summed E-state index contributed by atoms with van der Waals surface area (Å²) in [5, 5.41) is 9.86. The maximum absolute atomic E-state index is 12.5. The van der Waals surface area contributed by atoms with Crippen LogP contribution in [0.25, 0.3) is 6.08 Å². The van der Waals surface area contributed by atoms with E-state index in [0.717, 1.165) is 0 Å². The van der Waals surface area contributed by atoms with E-state index in [0.29, 0.717) is 16.6 Å². The third-order valence-corrected chi connectivity index (χ3v) is 4.66. The Hall–Kier alpha value is -1.63. The fourth-order valence-corrected chi connectivity index (χ4v) is 2.52. The van der Waals surface area contributed by atoms with Crippen LogP contribution in [0.2, 0.25) is 0 Å². The van der Waals surface area contributed by atoms with Crippen molar-refractivity contribution in [2.45, 2.75) is 65.3 Å². The molecule has 1 fully saturated rings. The van der Waals surface area contributed by atoms with Gasteiger partial charge in [0.25, 0.3) is 0 Å². The van der Waals surface area contributed by atoms with Crippen LogP contribution < -0.4 is 0 Å². The third kappa shape index (κ3) is 4.55. The predicted octanol–water partition coefficient (Wildman–Crippen LogP) is 3.65. The van der Waals surface area contributed by atoms with E-state index in [4.69, 9.17) is 14.0 Å². The number of ether oxygens (including phenoxy) is 1. The van der Waals surface area contributed by atoms with Crippen LogP contribution in [0.3, 0.4) is 0 Å². The van der Waals surface area contributed by atoms with Crippen molar-refractivity contribution in [1.29, 1.82) is 0 Å². The Morgan fingerprint density at radius 3 is 2.19 bits per heavy atom. The highest BCUT2D eigenvalue weighted by Gasteiger charge is 2.52. The Bertz CT molecular complexity index is 684. The first-order valence-corrected chi connectivity index (χ1v) is 8.86. The Kier molecular flexibility index (Phi) is 5.71. The second kappa shape index (κ2) is 7.18. The van der Waals surface area contributed by atoms with Crippen LogP contribution in [0.1, 0.15) is 64.4 Å². The minimum atomic E-state index is -0.670. The molecule has 0 amide bonds. The zero-order valence-electron chi connectivity index (χ0n) is 16.8. The number of carbonyl (C=O) groups is 1. The largest absolute Gasteiger partial charge is 0.492 e. The maximum atomic E-state index is 12.5. The van der Waals surface area contributed by atoms with E-state index in [1.807, 2.05) is 54.5 Å². The Morgan fingerprint density at radius 2 is 1.69 bits per heavy atom.